The van der Waals surface area contributed by atoms with Crippen molar-refractivity contribution < 1.29 is 9.72 Å². The van der Waals surface area contributed by atoms with Gasteiger partial charge in [0.05, 0.1) is 9.96 Å². The van der Waals surface area contributed by atoms with Crippen molar-refractivity contribution in [2.75, 3.05) is 5.32 Å². The van der Waals surface area contributed by atoms with Crippen molar-refractivity contribution in [3.8, 4) is 0 Å². The van der Waals surface area contributed by atoms with Crippen molar-refractivity contribution in [2.24, 2.45) is 0 Å². The second kappa shape index (κ2) is 8.93. The standard InChI is InChI=1S/C20H17ClN4O3S/c1-12(2)15-9-8-13(11-17(15)25(27)28)10-16(21)19-23-24-20(29-19)18(26)22-14-6-4-3-5-7-14/h3-12H,1-2H3,(H,22,26)/b16-10-. The highest BCUT2D eigenvalue weighted by Crippen LogP contribution is 2.30. The highest BCUT2D eigenvalue weighted by atomic mass is 35.5. The van der Waals surface area contributed by atoms with Gasteiger partial charge < -0.3 is 5.32 Å². The van der Waals surface area contributed by atoms with E-state index in [0.29, 0.717) is 21.8 Å². The molecular formula is C20H17ClN4O3S. The summed E-state index contributed by atoms with van der Waals surface area (Å²) in [5, 5.41) is 22.7. The lowest BCUT2D eigenvalue weighted by Crippen LogP contribution is -2.11. The molecule has 2 aromatic carbocycles. The van der Waals surface area contributed by atoms with Gasteiger partial charge in [-0.1, -0.05) is 67.1 Å². The van der Waals surface area contributed by atoms with Gasteiger partial charge in [-0.3, -0.25) is 14.9 Å². The monoisotopic (exact) mass is 428 g/mol. The van der Waals surface area contributed by atoms with Crippen molar-refractivity contribution in [1.29, 1.82) is 0 Å². The highest BCUT2D eigenvalue weighted by Gasteiger charge is 2.18. The maximum atomic E-state index is 12.3. The molecule has 0 atom stereocenters. The maximum Gasteiger partial charge on any atom is 0.286 e. The van der Waals surface area contributed by atoms with Crippen LogP contribution in [0.15, 0.2) is 48.5 Å². The fraction of sp³-hybridized carbons (Fsp3) is 0.150. The number of benzene rings is 2. The number of rotatable bonds is 6. The number of halogens is 1. The first-order valence-corrected chi connectivity index (χ1v) is 9.90. The van der Waals surface area contributed by atoms with Crippen molar-refractivity contribution in [2.45, 2.75) is 19.8 Å². The molecule has 0 unspecified atom stereocenters. The number of nitro groups is 1. The predicted molar refractivity (Wildman–Crippen MR) is 115 cm³/mol. The quantitative estimate of drug-likeness (QED) is 0.409. The Labute approximate surface area is 176 Å². The number of amides is 1. The topological polar surface area (TPSA) is 98.0 Å². The van der Waals surface area contributed by atoms with E-state index in [-0.39, 0.29) is 27.6 Å². The van der Waals surface area contributed by atoms with Crippen molar-refractivity contribution in [3.05, 3.63) is 79.8 Å². The van der Waals surface area contributed by atoms with Crippen LogP contribution in [0.4, 0.5) is 11.4 Å². The van der Waals surface area contributed by atoms with E-state index in [1.165, 1.54) is 6.07 Å². The zero-order valence-corrected chi connectivity index (χ0v) is 17.2. The maximum absolute atomic E-state index is 12.3. The third-order valence-electron chi connectivity index (χ3n) is 4.02. The number of hydrogen-bond donors (Lipinski definition) is 1. The molecule has 0 aliphatic rings. The molecule has 9 heteroatoms. The summed E-state index contributed by atoms with van der Waals surface area (Å²) in [6.45, 7) is 3.79. The van der Waals surface area contributed by atoms with E-state index in [1.807, 2.05) is 32.0 Å². The lowest BCUT2D eigenvalue weighted by Gasteiger charge is -2.07. The van der Waals surface area contributed by atoms with Crippen molar-refractivity contribution in [1.82, 2.24) is 10.2 Å². The molecule has 3 rings (SSSR count). The summed E-state index contributed by atoms with van der Waals surface area (Å²) in [5.41, 5.74) is 1.91. The molecule has 1 heterocycles. The molecule has 0 aliphatic heterocycles. The van der Waals surface area contributed by atoms with E-state index in [1.54, 1.807) is 30.3 Å². The summed E-state index contributed by atoms with van der Waals surface area (Å²) in [5.74, 6) is -0.362. The molecule has 1 amide bonds. The first-order valence-electron chi connectivity index (χ1n) is 8.71. The Morgan fingerprint density at radius 2 is 1.86 bits per heavy atom. The zero-order valence-electron chi connectivity index (χ0n) is 15.6. The molecule has 29 heavy (non-hydrogen) atoms. The van der Waals surface area contributed by atoms with Gasteiger partial charge in [0.1, 0.15) is 0 Å². The van der Waals surface area contributed by atoms with Gasteiger partial charge in [-0.05, 0) is 29.7 Å². The summed E-state index contributed by atoms with van der Waals surface area (Å²) in [6.07, 6.45) is 1.57. The highest BCUT2D eigenvalue weighted by molar-refractivity contribution is 7.15. The van der Waals surface area contributed by atoms with E-state index in [2.05, 4.69) is 15.5 Å². The molecule has 0 saturated heterocycles. The number of anilines is 1. The molecule has 3 aromatic rings. The van der Waals surface area contributed by atoms with Crippen LogP contribution in [0.5, 0.6) is 0 Å². The van der Waals surface area contributed by atoms with Crippen LogP contribution in [0.2, 0.25) is 0 Å². The van der Waals surface area contributed by atoms with E-state index in [9.17, 15) is 14.9 Å². The molecule has 0 fully saturated rings. The minimum Gasteiger partial charge on any atom is -0.320 e. The van der Waals surface area contributed by atoms with Gasteiger partial charge >= 0.3 is 0 Å². The van der Waals surface area contributed by atoms with Crippen LogP contribution in [0.25, 0.3) is 11.1 Å². The normalized spacial score (nSPS) is 11.5. The molecule has 0 spiro atoms. The van der Waals surface area contributed by atoms with Gasteiger partial charge in [0, 0.05) is 17.3 Å². The lowest BCUT2D eigenvalue weighted by atomic mass is 9.99. The summed E-state index contributed by atoms with van der Waals surface area (Å²) >= 11 is 7.36. The van der Waals surface area contributed by atoms with Gasteiger partial charge in [-0.15, -0.1) is 10.2 Å². The summed E-state index contributed by atoms with van der Waals surface area (Å²) < 4.78 is 0. The fourth-order valence-corrected chi connectivity index (χ4v) is 3.55. The molecule has 1 aromatic heterocycles. The second-order valence-electron chi connectivity index (χ2n) is 6.45. The molecule has 7 nitrogen and oxygen atoms in total. The average molecular weight is 429 g/mol. The van der Waals surface area contributed by atoms with Crippen LogP contribution < -0.4 is 5.32 Å². The Bertz CT molecular complexity index is 1080. The molecule has 148 valence electrons. The van der Waals surface area contributed by atoms with Gasteiger partial charge in [0.2, 0.25) is 5.01 Å². The Hall–Kier alpha value is -3.10. The first kappa shape index (κ1) is 20.6. The van der Waals surface area contributed by atoms with Crippen molar-refractivity contribution >= 4 is 51.3 Å². The van der Waals surface area contributed by atoms with Crippen LogP contribution in [0.1, 0.15) is 45.7 Å². The predicted octanol–water partition coefficient (Wildman–Crippen LogP) is 5.56. The minimum atomic E-state index is -0.405. The zero-order chi connectivity index (χ0) is 21.0. The molecule has 0 bridgehead atoms. The van der Waals surface area contributed by atoms with Gasteiger partial charge in [0.15, 0.2) is 5.01 Å². The third kappa shape index (κ3) is 5.04. The SMILES string of the molecule is CC(C)c1ccc(/C=C(\Cl)c2nnc(C(=O)Nc3ccccc3)s2)cc1[N+](=O)[O-]. The minimum absolute atomic E-state index is 0.0257. The van der Waals surface area contributed by atoms with Crippen LogP contribution in [0.3, 0.4) is 0 Å². The number of aromatic nitrogens is 2. The third-order valence-corrected chi connectivity index (χ3v) is 5.38. The molecule has 0 aliphatic carbocycles. The summed E-state index contributed by atoms with van der Waals surface area (Å²) in [6, 6.07) is 13.9. The van der Waals surface area contributed by atoms with E-state index >= 15 is 0 Å². The van der Waals surface area contributed by atoms with Gasteiger partial charge in [0.25, 0.3) is 11.6 Å². The number of hydrogen-bond acceptors (Lipinski definition) is 6. The van der Waals surface area contributed by atoms with E-state index in [0.717, 1.165) is 11.3 Å². The Kier molecular flexibility index (Phi) is 6.36. The van der Waals surface area contributed by atoms with Crippen LogP contribution >= 0.6 is 22.9 Å². The molecule has 0 radical (unpaired) electrons. The smallest absolute Gasteiger partial charge is 0.286 e. The number of nitrogens with zero attached hydrogens (tertiary/aromatic N) is 3. The Morgan fingerprint density at radius 3 is 2.52 bits per heavy atom. The number of nitro benzene ring substituents is 1. The molecule has 1 N–H and O–H groups in total. The number of para-hydroxylation sites is 1. The van der Waals surface area contributed by atoms with Crippen molar-refractivity contribution in [3.63, 3.8) is 0 Å². The summed E-state index contributed by atoms with van der Waals surface area (Å²) in [7, 11) is 0. The fourth-order valence-electron chi connectivity index (χ4n) is 2.62. The van der Waals surface area contributed by atoms with Crippen LogP contribution in [0, 0.1) is 10.1 Å². The Morgan fingerprint density at radius 1 is 1.17 bits per heavy atom. The second-order valence-corrected chi connectivity index (χ2v) is 7.84. The number of nitrogens with one attached hydrogen (secondary N) is 1. The largest absolute Gasteiger partial charge is 0.320 e. The molecular weight excluding hydrogens is 412 g/mol. The van der Waals surface area contributed by atoms with E-state index in [4.69, 9.17) is 11.6 Å². The average Bonchev–Trinajstić information content (AvgIpc) is 3.19. The number of carbonyl (C=O) groups is 1. The van der Waals surface area contributed by atoms with Gasteiger partial charge in [-0.25, -0.2) is 0 Å². The molecule has 0 saturated carbocycles. The summed E-state index contributed by atoms with van der Waals surface area (Å²) in [4.78, 5) is 23.2. The Balaban J connectivity index is 1.81. The van der Waals surface area contributed by atoms with E-state index < -0.39 is 4.92 Å². The van der Waals surface area contributed by atoms with Gasteiger partial charge in [-0.2, -0.15) is 0 Å². The van der Waals surface area contributed by atoms with Crippen LogP contribution in [-0.4, -0.2) is 21.0 Å². The lowest BCUT2D eigenvalue weighted by molar-refractivity contribution is -0.385. The first-order chi connectivity index (χ1) is 13.8. The number of carbonyl (C=O) groups excluding carboxylic acids is 1. The van der Waals surface area contributed by atoms with Crippen LogP contribution in [-0.2, 0) is 0 Å².